The molecule has 2 aliphatic heterocycles. The molecule has 3 aromatic carbocycles. The molecule has 190 valence electrons. The summed E-state index contributed by atoms with van der Waals surface area (Å²) in [4.78, 5) is 27.9. The summed E-state index contributed by atoms with van der Waals surface area (Å²) >= 11 is 0. The number of Topliss-reactive ketones (excluding diaryl/α,β-unsaturated/α-hetero) is 1. The van der Waals surface area contributed by atoms with E-state index in [-0.39, 0.29) is 24.0 Å². The van der Waals surface area contributed by atoms with Crippen molar-refractivity contribution in [2.75, 3.05) is 20.3 Å². The molecule has 5 rings (SSSR count). The van der Waals surface area contributed by atoms with E-state index in [1.807, 2.05) is 54.6 Å². The van der Waals surface area contributed by atoms with Crippen LogP contribution in [0.5, 0.6) is 11.5 Å². The van der Waals surface area contributed by atoms with Crippen LogP contribution in [0.3, 0.4) is 0 Å². The molecule has 37 heavy (non-hydrogen) atoms. The molecule has 2 aliphatic rings. The number of carbonyl (C=O) groups excluding carboxylic acids is 2. The van der Waals surface area contributed by atoms with E-state index in [9.17, 15) is 14.7 Å². The van der Waals surface area contributed by atoms with E-state index in [4.69, 9.17) is 14.2 Å². The Bertz CT molecular complexity index is 1280. The quantitative estimate of drug-likeness (QED) is 0.270. The number of ketones is 1. The average Bonchev–Trinajstić information content (AvgIpc) is 3.55. The molecule has 2 fully saturated rings. The Morgan fingerprint density at radius 2 is 1.68 bits per heavy atom. The number of aliphatic hydroxyl groups excluding tert-OH is 1. The van der Waals surface area contributed by atoms with Crippen molar-refractivity contribution in [3.05, 3.63) is 101 Å². The van der Waals surface area contributed by atoms with Crippen LogP contribution in [-0.4, -0.2) is 48.1 Å². The third-order valence-electron chi connectivity index (χ3n) is 6.77. The molecule has 2 atom stereocenters. The zero-order valence-corrected chi connectivity index (χ0v) is 20.6. The lowest BCUT2D eigenvalue weighted by molar-refractivity contribution is -0.140. The molecule has 0 aliphatic carbocycles. The number of amides is 1. The predicted molar refractivity (Wildman–Crippen MR) is 138 cm³/mol. The minimum absolute atomic E-state index is 0.0612. The third-order valence-corrected chi connectivity index (χ3v) is 6.77. The van der Waals surface area contributed by atoms with E-state index >= 15 is 0 Å². The lowest BCUT2D eigenvalue weighted by atomic mass is 9.95. The first-order chi connectivity index (χ1) is 18.0. The van der Waals surface area contributed by atoms with E-state index in [0.717, 1.165) is 18.4 Å². The van der Waals surface area contributed by atoms with Crippen molar-refractivity contribution in [2.24, 2.45) is 0 Å². The van der Waals surface area contributed by atoms with Gasteiger partial charge in [0.25, 0.3) is 11.7 Å². The molecule has 7 heteroatoms. The van der Waals surface area contributed by atoms with Gasteiger partial charge in [-0.25, -0.2) is 0 Å². The summed E-state index contributed by atoms with van der Waals surface area (Å²) in [5.41, 5.74) is 2.25. The normalized spacial score (nSPS) is 20.8. The summed E-state index contributed by atoms with van der Waals surface area (Å²) in [6.07, 6.45) is 1.59. The largest absolute Gasteiger partial charge is 0.507 e. The van der Waals surface area contributed by atoms with E-state index in [1.54, 1.807) is 31.4 Å². The molecule has 0 bridgehead atoms. The Labute approximate surface area is 215 Å². The number of benzene rings is 3. The number of nitrogens with zero attached hydrogens (tertiary/aromatic N) is 1. The highest BCUT2D eigenvalue weighted by atomic mass is 16.5. The minimum atomic E-state index is -0.741. The highest BCUT2D eigenvalue weighted by Gasteiger charge is 2.47. The summed E-state index contributed by atoms with van der Waals surface area (Å²) in [7, 11) is 1.55. The lowest BCUT2D eigenvalue weighted by Gasteiger charge is -2.27. The number of carbonyl (C=O) groups is 2. The topological polar surface area (TPSA) is 85.3 Å². The van der Waals surface area contributed by atoms with Gasteiger partial charge in [-0.15, -0.1) is 0 Å². The summed E-state index contributed by atoms with van der Waals surface area (Å²) in [5, 5.41) is 11.2. The highest BCUT2D eigenvalue weighted by molar-refractivity contribution is 6.46. The van der Waals surface area contributed by atoms with Gasteiger partial charge >= 0.3 is 0 Å². The smallest absolute Gasteiger partial charge is 0.295 e. The Balaban J connectivity index is 1.47. The zero-order valence-electron chi connectivity index (χ0n) is 20.6. The van der Waals surface area contributed by atoms with Crippen LogP contribution in [0.25, 0.3) is 5.76 Å². The fraction of sp³-hybridized carbons (Fsp3) is 0.267. The van der Waals surface area contributed by atoms with Gasteiger partial charge in [0.2, 0.25) is 0 Å². The van der Waals surface area contributed by atoms with Crippen LogP contribution in [0.4, 0.5) is 0 Å². The van der Waals surface area contributed by atoms with Crippen LogP contribution in [0.1, 0.15) is 35.6 Å². The minimum Gasteiger partial charge on any atom is -0.507 e. The van der Waals surface area contributed by atoms with Gasteiger partial charge in [-0.1, -0.05) is 42.5 Å². The summed E-state index contributed by atoms with van der Waals surface area (Å²) in [5.74, 6) is -0.275. The van der Waals surface area contributed by atoms with Gasteiger partial charge in [-0.2, -0.15) is 0 Å². The van der Waals surface area contributed by atoms with Crippen molar-refractivity contribution in [1.29, 1.82) is 0 Å². The van der Waals surface area contributed by atoms with Gasteiger partial charge in [-0.05, 0) is 60.4 Å². The van der Waals surface area contributed by atoms with Gasteiger partial charge < -0.3 is 24.2 Å². The Morgan fingerprint density at radius 3 is 2.32 bits per heavy atom. The van der Waals surface area contributed by atoms with Crippen LogP contribution in [0, 0.1) is 0 Å². The molecule has 0 radical (unpaired) electrons. The monoisotopic (exact) mass is 499 g/mol. The van der Waals surface area contributed by atoms with Gasteiger partial charge in [0, 0.05) is 18.7 Å². The summed E-state index contributed by atoms with van der Waals surface area (Å²) in [6.45, 7) is 1.34. The number of rotatable bonds is 8. The number of aliphatic hydroxyl groups is 1. The first kappa shape index (κ1) is 24.6. The molecule has 0 saturated carbocycles. The van der Waals surface area contributed by atoms with E-state index in [0.29, 0.717) is 35.8 Å². The summed E-state index contributed by atoms with van der Waals surface area (Å²) in [6, 6.07) is 23.2. The Kier molecular flexibility index (Phi) is 7.23. The first-order valence-corrected chi connectivity index (χ1v) is 12.4. The van der Waals surface area contributed by atoms with E-state index in [1.165, 1.54) is 4.90 Å². The third kappa shape index (κ3) is 5.22. The second-order valence-corrected chi connectivity index (χ2v) is 9.16. The van der Waals surface area contributed by atoms with E-state index in [2.05, 4.69) is 0 Å². The molecule has 0 spiro atoms. The highest BCUT2D eigenvalue weighted by Crippen LogP contribution is 2.40. The fourth-order valence-corrected chi connectivity index (χ4v) is 4.81. The fourth-order valence-electron chi connectivity index (χ4n) is 4.81. The van der Waals surface area contributed by atoms with Gasteiger partial charge in [-0.3, -0.25) is 9.59 Å². The molecule has 0 aromatic heterocycles. The van der Waals surface area contributed by atoms with Crippen LogP contribution in [-0.2, 0) is 20.9 Å². The molecule has 1 amide bonds. The Morgan fingerprint density at radius 1 is 0.973 bits per heavy atom. The molecule has 2 saturated heterocycles. The number of methoxy groups -OCH3 is 1. The number of ether oxygens (including phenoxy) is 3. The SMILES string of the molecule is COc1ccc(/C(O)=C2/C(=O)C(=O)N(CC3CCCO3)C2c2ccc(OCc3ccccc3)cc2)cc1. The van der Waals surface area contributed by atoms with Gasteiger partial charge in [0.1, 0.15) is 23.9 Å². The van der Waals surface area contributed by atoms with Crippen LogP contribution < -0.4 is 9.47 Å². The summed E-state index contributed by atoms with van der Waals surface area (Å²) < 4.78 is 16.9. The molecular weight excluding hydrogens is 470 g/mol. The van der Waals surface area contributed by atoms with Crippen LogP contribution in [0.2, 0.25) is 0 Å². The molecule has 7 nitrogen and oxygen atoms in total. The number of likely N-dealkylation sites (tertiary alicyclic amines) is 1. The Hall–Kier alpha value is -4.10. The first-order valence-electron chi connectivity index (χ1n) is 12.4. The second kappa shape index (κ2) is 10.9. The standard InChI is InChI=1S/C30H29NO6/c1-35-23-13-11-22(12-14-23)28(32)26-27(31(30(34)29(26)33)18-25-8-5-17-36-25)21-9-15-24(16-10-21)37-19-20-6-3-2-4-7-20/h2-4,6-7,9-16,25,27,32H,5,8,17-19H2,1H3/b28-26-. The van der Waals surface area contributed by atoms with Crippen molar-refractivity contribution in [3.8, 4) is 11.5 Å². The maximum Gasteiger partial charge on any atom is 0.295 e. The van der Waals surface area contributed by atoms with Crippen molar-refractivity contribution >= 4 is 17.4 Å². The number of hydrogen-bond donors (Lipinski definition) is 1. The van der Waals surface area contributed by atoms with Crippen LogP contribution >= 0.6 is 0 Å². The van der Waals surface area contributed by atoms with Gasteiger partial charge in [0.15, 0.2) is 0 Å². The molecule has 2 unspecified atom stereocenters. The van der Waals surface area contributed by atoms with Crippen LogP contribution in [0.15, 0.2) is 84.4 Å². The predicted octanol–water partition coefficient (Wildman–Crippen LogP) is 4.87. The van der Waals surface area contributed by atoms with Crippen molar-refractivity contribution in [3.63, 3.8) is 0 Å². The maximum atomic E-state index is 13.2. The van der Waals surface area contributed by atoms with Gasteiger partial charge in [0.05, 0.1) is 24.8 Å². The van der Waals surface area contributed by atoms with Crippen molar-refractivity contribution < 1.29 is 28.9 Å². The zero-order chi connectivity index (χ0) is 25.8. The molecule has 3 aromatic rings. The van der Waals surface area contributed by atoms with Crippen molar-refractivity contribution in [2.45, 2.75) is 31.6 Å². The second-order valence-electron chi connectivity index (χ2n) is 9.16. The van der Waals surface area contributed by atoms with E-state index < -0.39 is 17.7 Å². The maximum absolute atomic E-state index is 13.2. The molecule has 1 N–H and O–H groups in total. The average molecular weight is 500 g/mol. The molecule has 2 heterocycles. The lowest BCUT2D eigenvalue weighted by Crippen LogP contribution is -2.36. The number of hydrogen-bond acceptors (Lipinski definition) is 6. The van der Waals surface area contributed by atoms with Crippen molar-refractivity contribution in [1.82, 2.24) is 4.90 Å². The molecular formula is C30H29NO6.